The highest BCUT2D eigenvalue weighted by molar-refractivity contribution is 7.89. The lowest BCUT2D eigenvalue weighted by molar-refractivity contribution is 0.383. The van der Waals surface area contributed by atoms with E-state index in [0.717, 1.165) is 5.76 Å². The van der Waals surface area contributed by atoms with Crippen molar-refractivity contribution in [2.24, 2.45) is 4.99 Å². The number of nitrogens with one attached hydrogen (secondary N) is 3. The monoisotopic (exact) mass is 407 g/mol. The number of nitrogens with zero attached hydrogens (tertiary/aromatic N) is 2. The highest BCUT2D eigenvalue weighted by Gasteiger charge is 2.19. The van der Waals surface area contributed by atoms with E-state index < -0.39 is 10.0 Å². The number of rotatable bonds is 8. The molecule has 0 fully saturated rings. The molecule has 1 heterocycles. The summed E-state index contributed by atoms with van der Waals surface area (Å²) in [6.45, 7) is 9.72. The maximum Gasteiger partial charge on any atom is 0.240 e. The first-order chi connectivity index (χ1) is 13.2. The summed E-state index contributed by atoms with van der Waals surface area (Å²) in [5.41, 5.74) is -0.104. The minimum absolute atomic E-state index is 0.104. The molecule has 0 aliphatic heterocycles. The van der Waals surface area contributed by atoms with E-state index >= 15 is 0 Å². The normalized spacial score (nSPS) is 12.8. The van der Waals surface area contributed by atoms with E-state index in [1.165, 1.54) is 0 Å². The Morgan fingerprint density at radius 3 is 2.46 bits per heavy atom. The van der Waals surface area contributed by atoms with Crippen LogP contribution in [0.15, 0.2) is 50.8 Å². The lowest BCUT2D eigenvalue weighted by atomic mass is 9.94. The first-order valence-corrected chi connectivity index (χ1v) is 10.7. The van der Waals surface area contributed by atoms with Crippen LogP contribution < -0.4 is 15.4 Å². The summed E-state index contributed by atoms with van der Waals surface area (Å²) in [5, 5.41) is 6.21. The molecule has 0 aliphatic carbocycles. The molecule has 9 heteroatoms. The van der Waals surface area contributed by atoms with Gasteiger partial charge in [0.1, 0.15) is 12.3 Å². The Kier molecular flexibility index (Phi) is 7.59. The van der Waals surface area contributed by atoms with Gasteiger partial charge in [-0.3, -0.25) is 0 Å². The largest absolute Gasteiger partial charge is 0.443 e. The van der Waals surface area contributed by atoms with Gasteiger partial charge in [-0.15, -0.1) is 0 Å². The Morgan fingerprint density at radius 1 is 1.14 bits per heavy atom. The molecule has 0 saturated heterocycles. The molecule has 0 radical (unpaired) electrons. The van der Waals surface area contributed by atoms with E-state index in [1.807, 2.05) is 6.92 Å². The molecule has 2 aromatic rings. The summed E-state index contributed by atoms with van der Waals surface area (Å²) in [6.07, 6.45) is 1.73. The average molecular weight is 408 g/mol. The minimum atomic E-state index is -3.51. The number of benzene rings is 1. The van der Waals surface area contributed by atoms with Gasteiger partial charge in [0.05, 0.1) is 11.1 Å². The number of hydrogen-bond acceptors (Lipinski definition) is 5. The van der Waals surface area contributed by atoms with Crippen molar-refractivity contribution in [3.05, 3.63) is 48.2 Å². The second kappa shape index (κ2) is 9.70. The molecule has 1 aromatic heterocycles. The topological polar surface area (TPSA) is 109 Å². The molecule has 0 unspecified atom stereocenters. The highest BCUT2D eigenvalue weighted by atomic mass is 32.2. The van der Waals surface area contributed by atoms with Crippen molar-refractivity contribution in [1.29, 1.82) is 0 Å². The Hall–Kier alpha value is -2.39. The number of sulfonamides is 1. The molecule has 0 aliphatic rings. The molecule has 0 atom stereocenters. The van der Waals surface area contributed by atoms with Crippen molar-refractivity contribution in [2.75, 3.05) is 19.6 Å². The summed E-state index contributed by atoms with van der Waals surface area (Å²) in [5.74, 6) is 1.91. The lowest BCUT2D eigenvalue weighted by Gasteiger charge is -2.13. The van der Waals surface area contributed by atoms with Gasteiger partial charge in [-0.05, 0) is 19.1 Å². The molecule has 0 amide bonds. The first kappa shape index (κ1) is 21.9. The van der Waals surface area contributed by atoms with Gasteiger partial charge in [-0.1, -0.05) is 39.0 Å². The van der Waals surface area contributed by atoms with Gasteiger partial charge in [0.15, 0.2) is 5.96 Å². The molecule has 0 bridgehead atoms. The molecule has 0 saturated carbocycles. The number of oxazole rings is 1. The summed E-state index contributed by atoms with van der Waals surface area (Å²) >= 11 is 0. The maximum atomic E-state index is 12.2. The van der Waals surface area contributed by atoms with Crippen molar-refractivity contribution in [3.8, 4) is 0 Å². The third-order valence-electron chi connectivity index (χ3n) is 3.77. The third-order valence-corrected chi connectivity index (χ3v) is 5.25. The molecule has 2 rings (SSSR count). The quantitative estimate of drug-likeness (QED) is 0.351. The molecule has 0 spiro atoms. The third kappa shape index (κ3) is 6.65. The van der Waals surface area contributed by atoms with Gasteiger partial charge >= 0.3 is 0 Å². The van der Waals surface area contributed by atoms with E-state index in [-0.39, 0.29) is 16.9 Å². The zero-order valence-electron chi connectivity index (χ0n) is 16.8. The number of aromatic nitrogens is 1. The Balaban J connectivity index is 1.87. The Labute approximate surface area is 166 Å². The Morgan fingerprint density at radius 2 is 1.86 bits per heavy atom. The van der Waals surface area contributed by atoms with E-state index in [0.29, 0.717) is 31.5 Å². The summed E-state index contributed by atoms with van der Waals surface area (Å²) in [4.78, 5) is 8.93. The van der Waals surface area contributed by atoms with Crippen LogP contribution >= 0.6 is 0 Å². The van der Waals surface area contributed by atoms with E-state index in [9.17, 15) is 8.42 Å². The van der Waals surface area contributed by atoms with Crippen LogP contribution in [-0.4, -0.2) is 39.0 Å². The molecule has 3 N–H and O–H groups in total. The Bertz CT molecular complexity index is 870. The number of hydrogen-bond donors (Lipinski definition) is 3. The number of aliphatic imine (C=N–C) groups is 1. The van der Waals surface area contributed by atoms with Crippen LogP contribution in [0.2, 0.25) is 0 Å². The van der Waals surface area contributed by atoms with Crippen molar-refractivity contribution < 1.29 is 12.8 Å². The fourth-order valence-corrected chi connectivity index (χ4v) is 3.32. The van der Waals surface area contributed by atoms with Crippen LogP contribution in [0.3, 0.4) is 0 Å². The zero-order chi connectivity index (χ0) is 20.6. The second-order valence-electron chi connectivity index (χ2n) is 7.20. The van der Waals surface area contributed by atoms with Crippen molar-refractivity contribution in [2.45, 2.75) is 44.6 Å². The van der Waals surface area contributed by atoms with Crippen LogP contribution in [0, 0.1) is 0 Å². The smallest absolute Gasteiger partial charge is 0.240 e. The second-order valence-corrected chi connectivity index (χ2v) is 8.97. The van der Waals surface area contributed by atoms with E-state index in [1.54, 1.807) is 36.5 Å². The van der Waals surface area contributed by atoms with Gasteiger partial charge in [-0.2, -0.15) is 0 Å². The summed E-state index contributed by atoms with van der Waals surface area (Å²) < 4.78 is 32.7. The lowest BCUT2D eigenvalue weighted by Crippen LogP contribution is -2.41. The van der Waals surface area contributed by atoms with Crippen molar-refractivity contribution in [1.82, 2.24) is 20.3 Å². The van der Waals surface area contributed by atoms with Crippen LogP contribution in [0.25, 0.3) is 0 Å². The predicted octanol–water partition coefficient (Wildman–Crippen LogP) is 2.01. The van der Waals surface area contributed by atoms with Crippen LogP contribution in [0.1, 0.15) is 39.3 Å². The summed E-state index contributed by atoms with van der Waals surface area (Å²) in [7, 11) is -3.51. The van der Waals surface area contributed by atoms with Crippen LogP contribution in [-0.2, 0) is 22.0 Å². The summed E-state index contributed by atoms with van der Waals surface area (Å²) in [6, 6.07) is 8.28. The van der Waals surface area contributed by atoms with E-state index in [2.05, 4.69) is 46.1 Å². The van der Waals surface area contributed by atoms with Gasteiger partial charge in [-0.25, -0.2) is 23.1 Å². The van der Waals surface area contributed by atoms with Gasteiger partial charge in [0.2, 0.25) is 15.9 Å². The fraction of sp³-hybridized carbons (Fsp3) is 0.474. The van der Waals surface area contributed by atoms with Crippen molar-refractivity contribution >= 4 is 16.0 Å². The molecular formula is C19H29N5O3S. The van der Waals surface area contributed by atoms with Crippen molar-refractivity contribution in [3.63, 3.8) is 0 Å². The molecule has 1 aromatic carbocycles. The predicted molar refractivity (Wildman–Crippen MR) is 110 cm³/mol. The molecular weight excluding hydrogens is 378 g/mol. The fourth-order valence-electron chi connectivity index (χ4n) is 2.27. The molecule has 154 valence electrons. The zero-order valence-corrected chi connectivity index (χ0v) is 17.6. The van der Waals surface area contributed by atoms with E-state index in [4.69, 9.17) is 4.42 Å². The first-order valence-electron chi connectivity index (χ1n) is 9.24. The average Bonchev–Trinajstić information content (AvgIpc) is 3.13. The number of guanidine groups is 1. The van der Waals surface area contributed by atoms with Crippen LogP contribution in [0.5, 0.6) is 0 Å². The molecule has 8 nitrogen and oxygen atoms in total. The standard InChI is InChI=1S/C19H29N5O3S/c1-5-20-18(23-14-17-22-13-16(27-17)19(2,3)4)21-11-12-24-28(25,26)15-9-7-6-8-10-15/h6-10,13,24H,5,11-12,14H2,1-4H3,(H2,20,21,23). The SMILES string of the molecule is CCNC(=NCc1ncc(C(C)(C)C)o1)NCCNS(=O)(=O)c1ccccc1. The molecule has 28 heavy (non-hydrogen) atoms. The van der Waals surface area contributed by atoms with Gasteiger partial charge in [0.25, 0.3) is 0 Å². The van der Waals surface area contributed by atoms with Gasteiger partial charge < -0.3 is 15.1 Å². The van der Waals surface area contributed by atoms with Gasteiger partial charge in [0, 0.05) is 25.0 Å². The van der Waals surface area contributed by atoms with Crippen LogP contribution in [0.4, 0.5) is 0 Å². The maximum absolute atomic E-state index is 12.2. The highest BCUT2D eigenvalue weighted by Crippen LogP contribution is 2.22. The minimum Gasteiger partial charge on any atom is -0.443 e.